The average Bonchev–Trinajstić information content (AvgIpc) is 3.95. The van der Waals surface area contributed by atoms with Crippen LogP contribution in [0.15, 0.2) is 76.1 Å². The Morgan fingerprint density at radius 3 is 2.28 bits per heavy atom. The minimum atomic E-state index is -0.891. The van der Waals surface area contributed by atoms with Gasteiger partial charge in [0.2, 0.25) is 29.4 Å². The van der Waals surface area contributed by atoms with Gasteiger partial charge in [0.1, 0.15) is 12.1 Å². The fourth-order valence-electron chi connectivity index (χ4n) is 14.1. The van der Waals surface area contributed by atoms with Crippen LogP contribution in [-0.2, 0) is 24.0 Å². The van der Waals surface area contributed by atoms with Crippen molar-refractivity contribution in [3.63, 3.8) is 0 Å². The van der Waals surface area contributed by atoms with Gasteiger partial charge in [0.15, 0.2) is 5.76 Å². The maximum absolute atomic E-state index is 14.2. The molecule has 0 unspecified atom stereocenters. The second kappa shape index (κ2) is 19.8. The van der Waals surface area contributed by atoms with E-state index in [1.807, 2.05) is 71.3 Å². The molecule has 13 heteroatoms. The van der Waals surface area contributed by atoms with Crippen molar-refractivity contribution in [3.8, 4) is 10.4 Å². The smallest absolute Gasteiger partial charge is 0.246 e. The normalized spacial score (nSPS) is 31.9. The molecular formula is C59H81N5O7S. The molecule has 0 spiro atoms. The van der Waals surface area contributed by atoms with Crippen LogP contribution >= 0.6 is 11.3 Å². The van der Waals surface area contributed by atoms with Crippen LogP contribution in [-0.4, -0.2) is 80.8 Å². The fraction of sp³-hybridized carbons (Fsp3) is 0.627. The average molecular weight is 1000 g/mol. The predicted molar refractivity (Wildman–Crippen MR) is 283 cm³/mol. The summed E-state index contributed by atoms with van der Waals surface area (Å²) in [5.41, 5.74) is 7.39. The molecule has 1 aromatic heterocycles. The van der Waals surface area contributed by atoms with Gasteiger partial charge < -0.3 is 31.1 Å². The number of aromatic nitrogens is 1. The third kappa shape index (κ3) is 9.59. The summed E-state index contributed by atoms with van der Waals surface area (Å²) in [6.45, 7) is 23.8. The van der Waals surface area contributed by atoms with Gasteiger partial charge in [-0.25, -0.2) is 4.98 Å². The molecule has 12 nitrogen and oxygen atoms in total. The van der Waals surface area contributed by atoms with Crippen molar-refractivity contribution in [1.29, 1.82) is 0 Å². The van der Waals surface area contributed by atoms with E-state index in [9.17, 15) is 34.2 Å². The molecule has 390 valence electrons. The maximum Gasteiger partial charge on any atom is 0.246 e. The summed E-state index contributed by atoms with van der Waals surface area (Å²) in [6, 6.07) is 5.89. The molecule has 5 N–H and O–H groups in total. The number of benzene rings is 1. The first kappa shape index (κ1) is 53.4. The zero-order chi connectivity index (χ0) is 52.3. The van der Waals surface area contributed by atoms with E-state index in [0.717, 1.165) is 97.1 Å². The molecule has 2 heterocycles. The summed E-state index contributed by atoms with van der Waals surface area (Å²) in [4.78, 5) is 75.4. The van der Waals surface area contributed by atoms with Gasteiger partial charge in [0.05, 0.1) is 28.2 Å². The molecule has 10 atom stereocenters. The van der Waals surface area contributed by atoms with Crippen LogP contribution in [0.3, 0.4) is 0 Å². The molecule has 0 bridgehead atoms. The number of nitrogens with one attached hydrogen (secondary N) is 3. The topological polar surface area (TPSA) is 178 Å². The SMILES string of the molecule is CC1=C(O)C(=O)C=C2C1=CC=C1[C@@]2(C)CC[C@@]2(C)[C@@H]3C[C@](C)(C(=O)NCCCCCCC(=O)N[C@H](C(=O)N4C[C@H](O)C[C@H]4C(=O)N[C@@H](C)c4ccc(-c5scnc5C)cc4)C(C)(C)C)CC[C@]3(C)CC[C@]12C. The van der Waals surface area contributed by atoms with Gasteiger partial charge in [-0.2, -0.15) is 0 Å². The Hall–Kier alpha value is -4.88. The van der Waals surface area contributed by atoms with Crippen LogP contribution < -0.4 is 16.0 Å². The molecule has 0 radical (unpaired) electrons. The lowest BCUT2D eigenvalue weighted by molar-refractivity contribution is -0.169. The number of carbonyl (C=O) groups is 5. The lowest BCUT2D eigenvalue weighted by Crippen LogP contribution is -2.62. The van der Waals surface area contributed by atoms with Crippen LogP contribution in [0.25, 0.3) is 10.4 Å². The fourth-order valence-corrected chi connectivity index (χ4v) is 14.9. The Labute approximate surface area is 432 Å². The number of nitrogens with zero attached hydrogens (tertiary/aromatic N) is 2. The van der Waals surface area contributed by atoms with Crippen molar-refractivity contribution in [1.82, 2.24) is 25.8 Å². The molecule has 1 saturated heterocycles. The Morgan fingerprint density at radius 2 is 1.60 bits per heavy atom. The van der Waals surface area contributed by atoms with E-state index in [4.69, 9.17) is 0 Å². The molecule has 3 saturated carbocycles. The second-order valence-electron chi connectivity index (χ2n) is 24.9. The first-order valence-corrected chi connectivity index (χ1v) is 27.6. The molecule has 1 aliphatic heterocycles. The Bertz CT molecular complexity index is 2620. The lowest BCUT2D eigenvalue weighted by atomic mass is 9.34. The highest BCUT2D eigenvalue weighted by atomic mass is 32.1. The zero-order valence-electron chi connectivity index (χ0n) is 44.9. The van der Waals surface area contributed by atoms with E-state index in [1.54, 1.807) is 17.4 Å². The minimum Gasteiger partial charge on any atom is -0.504 e. The van der Waals surface area contributed by atoms with E-state index in [0.29, 0.717) is 24.5 Å². The number of fused-ring (bicyclic) bond motifs is 7. The van der Waals surface area contributed by atoms with Crippen molar-refractivity contribution in [2.75, 3.05) is 13.1 Å². The maximum atomic E-state index is 14.2. The first-order valence-electron chi connectivity index (χ1n) is 26.7. The zero-order valence-corrected chi connectivity index (χ0v) is 45.7. The summed E-state index contributed by atoms with van der Waals surface area (Å²) in [5, 5.41) is 30.6. The van der Waals surface area contributed by atoms with Gasteiger partial charge in [-0.15, -0.1) is 11.3 Å². The number of hydrogen-bond acceptors (Lipinski definition) is 9. The van der Waals surface area contributed by atoms with E-state index >= 15 is 0 Å². The van der Waals surface area contributed by atoms with E-state index in [1.165, 1.54) is 10.5 Å². The molecule has 6 aliphatic rings. The van der Waals surface area contributed by atoms with Crippen LogP contribution in [0.4, 0.5) is 0 Å². The van der Waals surface area contributed by atoms with Crippen LogP contribution in [0.1, 0.15) is 170 Å². The lowest BCUT2D eigenvalue weighted by Gasteiger charge is -2.70. The number of amides is 4. The Kier molecular flexibility index (Phi) is 14.7. The van der Waals surface area contributed by atoms with Gasteiger partial charge in [-0.1, -0.05) is 110 Å². The number of aliphatic hydroxyl groups excluding tert-OH is 2. The number of rotatable bonds is 14. The molecule has 72 heavy (non-hydrogen) atoms. The van der Waals surface area contributed by atoms with Crippen molar-refractivity contribution < 1.29 is 34.2 Å². The van der Waals surface area contributed by atoms with Crippen LogP contribution in [0.2, 0.25) is 0 Å². The predicted octanol–water partition coefficient (Wildman–Crippen LogP) is 10.5. The number of likely N-dealkylation sites (tertiary alicyclic amines) is 1. The molecule has 1 aromatic carbocycles. The summed E-state index contributed by atoms with van der Waals surface area (Å²) in [6.07, 6.45) is 15.5. The number of ketones is 1. The highest BCUT2D eigenvalue weighted by Crippen LogP contribution is 2.75. The number of allylic oxidation sites excluding steroid dienone is 7. The third-order valence-electron chi connectivity index (χ3n) is 19.1. The van der Waals surface area contributed by atoms with Gasteiger partial charge in [0, 0.05) is 42.3 Å². The van der Waals surface area contributed by atoms with E-state index in [-0.39, 0.29) is 82.3 Å². The van der Waals surface area contributed by atoms with Crippen LogP contribution in [0.5, 0.6) is 0 Å². The molecule has 2 aromatic rings. The number of thiazole rings is 1. The van der Waals surface area contributed by atoms with Crippen molar-refractivity contribution in [2.45, 2.75) is 184 Å². The van der Waals surface area contributed by atoms with Gasteiger partial charge in [-0.3, -0.25) is 24.0 Å². The molecule has 8 rings (SSSR count). The van der Waals surface area contributed by atoms with E-state index < -0.39 is 29.0 Å². The standard InChI is InChI=1S/C59H81N5O7S/c1-35-41-21-22-45-57(9,42(41)31-44(66)48(35)68)26-28-59(11)46-32-56(8,24-23-55(46,7)25-27-58(45,59)10)53(71)60-29-15-13-12-14-16-47(67)63-50(54(4,5)6)52(70)64-33-40(65)30-43(64)51(69)62-36(2)38-17-19-39(20-18-38)49-37(3)61-34-72-49/h17-22,31,34,36,40,43,46,50,65,68H,12-16,23-30,32-33H2,1-11H3,(H,60,71)(H,62,69)(H,63,67)/t36-,40+,43-,46+,50+,55+,56+,57-,58+,59-/m0/s1. The second-order valence-corrected chi connectivity index (χ2v) is 25.8. The third-order valence-corrected chi connectivity index (χ3v) is 20.1. The highest BCUT2D eigenvalue weighted by Gasteiger charge is 2.67. The Morgan fingerprint density at radius 1 is 0.903 bits per heavy atom. The number of hydrogen-bond donors (Lipinski definition) is 5. The van der Waals surface area contributed by atoms with Gasteiger partial charge in [0.25, 0.3) is 0 Å². The molecule has 4 fully saturated rings. The summed E-state index contributed by atoms with van der Waals surface area (Å²) in [7, 11) is 0. The quantitative estimate of drug-likeness (QED) is 0.116. The summed E-state index contributed by atoms with van der Waals surface area (Å²) in [5.74, 6) is -0.938. The van der Waals surface area contributed by atoms with E-state index in [2.05, 4.69) is 67.7 Å². The number of aliphatic hydroxyl groups is 2. The minimum absolute atomic E-state index is 0.0111. The summed E-state index contributed by atoms with van der Waals surface area (Å²) >= 11 is 1.58. The number of unbranched alkanes of at least 4 members (excludes halogenated alkanes) is 3. The summed E-state index contributed by atoms with van der Waals surface area (Å²) < 4.78 is 0. The molecule has 5 aliphatic carbocycles. The monoisotopic (exact) mass is 1000 g/mol. The van der Waals surface area contributed by atoms with Gasteiger partial charge in [-0.05, 0) is 134 Å². The molecular weight excluding hydrogens is 923 g/mol. The number of carbonyl (C=O) groups excluding carboxylic acids is 5. The van der Waals surface area contributed by atoms with Crippen molar-refractivity contribution in [2.24, 2.45) is 38.4 Å². The molecule has 4 amide bonds. The van der Waals surface area contributed by atoms with Crippen molar-refractivity contribution in [3.05, 3.63) is 87.3 Å². The Balaban J connectivity index is 0.806. The largest absolute Gasteiger partial charge is 0.504 e. The van der Waals surface area contributed by atoms with Crippen LogP contribution in [0, 0.1) is 45.3 Å². The number of β-amino-alcohol motifs (C(OH)–C–C–N with tert-alkyl or cyclic N) is 1. The first-order chi connectivity index (χ1) is 33.8. The number of aryl methyl sites for hydroxylation is 1. The van der Waals surface area contributed by atoms with Crippen molar-refractivity contribution >= 4 is 40.7 Å². The van der Waals surface area contributed by atoms with Gasteiger partial charge >= 0.3 is 0 Å². The highest BCUT2D eigenvalue weighted by molar-refractivity contribution is 7.13.